The van der Waals surface area contributed by atoms with Gasteiger partial charge in [0.15, 0.2) is 0 Å². The highest BCUT2D eigenvalue weighted by Gasteiger charge is 2.12. The normalized spacial score (nSPS) is 10.9. The Morgan fingerprint density at radius 2 is 2.00 bits per heavy atom. The van der Waals surface area contributed by atoms with E-state index in [2.05, 4.69) is 18.8 Å². The molecule has 0 saturated heterocycles. The van der Waals surface area contributed by atoms with Gasteiger partial charge in [-0.2, -0.15) is 0 Å². The van der Waals surface area contributed by atoms with Gasteiger partial charge in [-0.1, -0.05) is 32.0 Å². The summed E-state index contributed by atoms with van der Waals surface area (Å²) in [5.74, 6) is 1.33. The van der Waals surface area contributed by atoms with Crippen molar-refractivity contribution in [2.45, 2.75) is 32.7 Å². The molecule has 2 N–H and O–H groups in total. The van der Waals surface area contributed by atoms with Crippen molar-refractivity contribution in [3.8, 4) is 5.75 Å². The number of aromatic nitrogens is 1. The lowest BCUT2D eigenvalue weighted by molar-refractivity contribution is 0.321. The molecule has 19 heavy (non-hydrogen) atoms. The van der Waals surface area contributed by atoms with Crippen LogP contribution in [-0.4, -0.2) is 11.6 Å². The number of nitrogens with zero attached hydrogens (tertiary/aromatic N) is 1. The Hall–Kier alpha value is -1.39. The monoisotopic (exact) mass is 276 g/mol. The van der Waals surface area contributed by atoms with E-state index in [0.717, 1.165) is 22.9 Å². The van der Waals surface area contributed by atoms with Gasteiger partial charge < -0.3 is 10.5 Å². The third kappa shape index (κ3) is 3.78. The molecule has 3 nitrogen and oxygen atoms in total. The van der Waals surface area contributed by atoms with E-state index in [1.54, 1.807) is 11.3 Å². The minimum atomic E-state index is 0.429. The van der Waals surface area contributed by atoms with Crippen molar-refractivity contribution in [2.75, 3.05) is 6.61 Å². The zero-order chi connectivity index (χ0) is 13.7. The highest BCUT2D eigenvalue weighted by atomic mass is 32.1. The lowest BCUT2D eigenvalue weighted by Crippen LogP contribution is -2.01. The van der Waals surface area contributed by atoms with Crippen LogP contribution in [-0.2, 0) is 13.0 Å². The Bertz CT molecular complexity index is 508. The lowest BCUT2D eigenvalue weighted by Gasteiger charge is -2.04. The van der Waals surface area contributed by atoms with E-state index in [0.29, 0.717) is 19.1 Å². The van der Waals surface area contributed by atoms with Gasteiger partial charge in [0.2, 0.25) is 0 Å². The minimum absolute atomic E-state index is 0.429. The number of rotatable bonds is 6. The first kappa shape index (κ1) is 14.0. The Morgan fingerprint density at radius 1 is 1.26 bits per heavy atom. The molecule has 0 amide bonds. The molecule has 2 aromatic rings. The van der Waals surface area contributed by atoms with Crippen LogP contribution in [0.5, 0.6) is 5.75 Å². The first-order valence-corrected chi connectivity index (χ1v) is 7.38. The van der Waals surface area contributed by atoms with Crippen LogP contribution in [0.2, 0.25) is 0 Å². The number of ether oxygens (including phenoxy) is 1. The Balaban J connectivity index is 1.93. The second-order valence-corrected chi connectivity index (χ2v) is 5.85. The molecule has 1 aromatic carbocycles. The molecule has 4 heteroatoms. The van der Waals surface area contributed by atoms with Crippen molar-refractivity contribution in [3.05, 3.63) is 45.9 Å². The van der Waals surface area contributed by atoms with Gasteiger partial charge in [0.05, 0.1) is 17.3 Å². The summed E-state index contributed by atoms with van der Waals surface area (Å²) < 4.78 is 5.69. The van der Waals surface area contributed by atoms with Gasteiger partial charge in [0.25, 0.3) is 0 Å². The molecular formula is C15H20N2OS. The maximum atomic E-state index is 5.76. The van der Waals surface area contributed by atoms with E-state index >= 15 is 0 Å². The zero-order valence-electron chi connectivity index (χ0n) is 11.4. The van der Waals surface area contributed by atoms with Crippen molar-refractivity contribution in [1.29, 1.82) is 0 Å². The van der Waals surface area contributed by atoms with E-state index in [-0.39, 0.29) is 0 Å². The first-order valence-electron chi connectivity index (χ1n) is 6.57. The summed E-state index contributed by atoms with van der Waals surface area (Å²) in [5.41, 5.74) is 6.90. The Kier molecular flexibility index (Phi) is 4.93. The van der Waals surface area contributed by atoms with Crippen LogP contribution in [0, 0.1) is 0 Å². The molecule has 0 bridgehead atoms. The van der Waals surface area contributed by atoms with Crippen LogP contribution >= 0.6 is 11.3 Å². The van der Waals surface area contributed by atoms with Gasteiger partial charge in [-0.3, -0.25) is 0 Å². The van der Waals surface area contributed by atoms with Crippen LogP contribution in [0.4, 0.5) is 0 Å². The number of thiazole rings is 1. The van der Waals surface area contributed by atoms with Crippen molar-refractivity contribution in [1.82, 2.24) is 4.98 Å². The number of hydrogen-bond donors (Lipinski definition) is 1. The SMILES string of the molecule is CC(C)c1nc(CCOc2ccccc2)sc1CN. The fourth-order valence-electron chi connectivity index (χ4n) is 1.89. The third-order valence-corrected chi connectivity index (χ3v) is 3.99. The maximum Gasteiger partial charge on any atom is 0.119 e. The Labute approximate surface area is 118 Å². The molecule has 0 aliphatic rings. The summed E-state index contributed by atoms with van der Waals surface area (Å²) in [7, 11) is 0. The van der Waals surface area contributed by atoms with E-state index in [1.165, 1.54) is 4.88 Å². The number of nitrogens with two attached hydrogens (primary N) is 1. The molecule has 1 aromatic heterocycles. The van der Waals surface area contributed by atoms with E-state index in [9.17, 15) is 0 Å². The molecule has 0 fully saturated rings. The van der Waals surface area contributed by atoms with Gasteiger partial charge in [0, 0.05) is 17.8 Å². The van der Waals surface area contributed by atoms with Crippen molar-refractivity contribution < 1.29 is 4.74 Å². The summed E-state index contributed by atoms with van der Waals surface area (Å²) in [6.45, 7) is 5.53. The molecule has 102 valence electrons. The fourth-order valence-corrected chi connectivity index (χ4v) is 2.97. The van der Waals surface area contributed by atoms with Crippen LogP contribution in [0.3, 0.4) is 0 Å². The van der Waals surface area contributed by atoms with Crippen molar-refractivity contribution in [2.24, 2.45) is 5.73 Å². The van der Waals surface area contributed by atoms with Gasteiger partial charge in [-0.15, -0.1) is 11.3 Å². The summed E-state index contributed by atoms with van der Waals surface area (Å²) >= 11 is 1.71. The minimum Gasteiger partial charge on any atom is -0.493 e. The molecule has 0 atom stereocenters. The van der Waals surface area contributed by atoms with Gasteiger partial charge in [-0.25, -0.2) is 4.98 Å². The predicted molar refractivity (Wildman–Crippen MR) is 79.7 cm³/mol. The zero-order valence-corrected chi connectivity index (χ0v) is 12.2. The molecule has 0 aliphatic carbocycles. The van der Waals surface area contributed by atoms with Crippen molar-refractivity contribution in [3.63, 3.8) is 0 Å². The topological polar surface area (TPSA) is 48.1 Å². The molecule has 2 rings (SSSR count). The first-order chi connectivity index (χ1) is 9.20. The second-order valence-electron chi connectivity index (χ2n) is 4.69. The highest BCUT2D eigenvalue weighted by Crippen LogP contribution is 2.25. The third-order valence-electron chi connectivity index (χ3n) is 2.83. The summed E-state index contributed by atoms with van der Waals surface area (Å²) in [4.78, 5) is 5.87. The second kappa shape index (κ2) is 6.68. The largest absolute Gasteiger partial charge is 0.493 e. The quantitative estimate of drug-likeness (QED) is 0.880. The van der Waals surface area contributed by atoms with Crippen LogP contribution in [0.1, 0.15) is 35.3 Å². The van der Waals surface area contributed by atoms with Gasteiger partial charge in [-0.05, 0) is 18.1 Å². The predicted octanol–water partition coefficient (Wildman–Crippen LogP) is 3.35. The van der Waals surface area contributed by atoms with Gasteiger partial charge >= 0.3 is 0 Å². The molecule has 1 heterocycles. The number of benzene rings is 1. The smallest absolute Gasteiger partial charge is 0.119 e. The van der Waals surface area contributed by atoms with Crippen LogP contribution < -0.4 is 10.5 Å². The fraction of sp³-hybridized carbons (Fsp3) is 0.400. The van der Waals surface area contributed by atoms with Crippen LogP contribution in [0.15, 0.2) is 30.3 Å². The summed E-state index contributed by atoms with van der Waals surface area (Å²) in [6, 6.07) is 9.86. The molecular weight excluding hydrogens is 256 g/mol. The molecule has 0 saturated carbocycles. The average molecular weight is 276 g/mol. The van der Waals surface area contributed by atoms with E-state index in [1.807, 2.05) is 30.3 Å². The van der Waals surface area contributed by atoms with E-state index in [4.69, 9.17) is 10.5 Å². The molecule has 0 unspecified atom stereocenters. The standard InChI is InChI=1S/C15H20N2OS/c1-11(2)15-13(10-16)19-14(17-15)8-9-18-12-6-4-3-5-7-12/h3-7,11H,8-10,16H2,1-2H3. The number of para-hydroxylation sites is 1. The summed E-state index contributed by atoms with van der Waals surface area (Å²) in [6.07, 6.45) is 0.833. The molecule has 0 radical (unpaired) electrons. The van der Waals surface area contributed by atoms with Crippen molar-refractivity contribution >= 4 is 11.3 Å². The summed E-state index contributed by atoms with van der Waals surface area (Å²) in [5, 5.41) is 1.11. The van der Waals surface area contributed by atoms with E-state index < -0.39 is 0 Å². The lowest BCUT2D eigenvalue weighted by atomic mass is 10.1. The molecule has 0 aliphatic heterocycles. The van der Waals surface area contributed by atoms with Crippen LogP contribution in [0.25, 0.3) is 0 Å². The Morgan fingerprint density at radius 3 is 2.58 bits per heavy atom. The average Bonchev–Trinajstić information content (AvgIpc) is 2.83. The number of hydrogen-bond acceptors (Lipinski definition) is 4. The highest BCUT2D eigenvalue weighted by molar-refractivity contribution is 7.11. The molecule has 0 spiro atoms. The van der Waals surface area contributed by atoms with Gasteiger partial charge in [0.1, 0.15) is 5.75 Å². The maximum absolute atomic E-state index is 5.76.